The van der Waals surface area contributed by atoms with Gasteiger partial charge in [0.2, 0.25) is 0 Å². The highest BCUT2D eigenvalue weighted by atomic mass is 79.9. The van der Waals surface area contributed by atoms with Crippen molar-refractivity contribution in [2.24, 2.45) is 0 Å². The number of carboxylic acids is 1. The van der Waals surface area contributed by atoms with Crippen LogP contribution in [0.1, 0.15) is 20.1 Å². The zero-order chi connectivity index (χ0) is 15.8. The van der Waals surface area contributed by atoms with Crippen molar-refractivity contribution in [2.75, 3.05) is 4.72 Å². The van der Waals surface area contributed by atoms with E-state index in [0.717, 1.165) is 23.0 Å². The molecule has 0 radical (unpaired) electrons. The number of aryl methyl sites for hydroxylation is 2. The van der Waals surface area contributed by atoms with Gasteiger partial charge in [-0.25, -0.2) is 18.2 Å². The first-order chi connectivity index (χ1) is 9.70. The van der Waals surface area contributed by atoms with Crippen LogP contribution in [0.25, 0.3) is 0 Å². The summed E-state index contributed by atoms with van der Waals surface area (Å²) in [6.45, 7) is 3.35. The molecule has 2 N–H and O–H groups in total. The fourth-order valence-corrected chi connectivity index (χ4v) is 4.34. The fourth-order valence-electron chi connectivity index (χ4n) is 1.66. The number of carbonyl (C=O) groups is 1. The highest BCUT2D eigenvalue weighted by Gasteiger charge is 2.22. The van der Waals surface area contributed by atoms with Gasteiger partial charge in [-0.2, -0.15) is 0 Å². The Morgan fingerprint density at radius 1 is 1.38 bits per heavy atom. The van der Waals surface area contributed by atoms with E-state index in [9.17, 15) is 13.2 Å². The van der Waals surface area contributed by atoms with Gasteiger partial charge in [0.1, 0.15) is 14.4 Å². The number of sulfonamides is 1. The lowest BCUT2D eigenvalue weighted by Crippen LogP contribution is -2.13. The molecule has 0 aliphatic rings. The van der Waals surface area contributed by atoms with Crippen LogP contribution < -0.4 is 4.72 Å². The van der Waals surface area contributed by atoms with Crippen molar-refractivity contribution >= 4 is 48.9 Å². The molecule has 0 fully saturated rings. The number of thiophene rings is 1. The minimum Gasteiger partial charge on any atom is -0.477 e. The average molecular weight is 391 g/mol. The Bertz CT molecular complexity index is 815. The average Bonchev–Trinajstić information content (AvgIpc) is 2.77. The Labute approximate surface area is 134 Å². The second kappa shape index (κ2) is 5.74. The van der Waals surface area contributed by atoms with Crippen molar-refractivity contribution < 1.29 is 18.3 Å². The van der Waals surface area contributed by atoms with Gasteiger partial charge in [0.15, 0.2) is 0 Å². The summed E-state index contributed by atoms with van der Waals surface area (Å²) in [6, 6.07) is 2.79. The quantitative estimate of drug-likeness (QED) is 0.781. The van der Waals surface area contributed by atoms with E-state index in [-0.39, 0.29) is 9.77 Å². The van der Waals surface area contributed by atoms with Crippen LogP contribution in [-0.4, -0.2) is 24.5 Å². The minimum absolute atomic E-state index is 0.0158. The summed E-state index contributed by atoms with van der Waals surface area (Å²) in [7, 11) is -3.84. The maximum absolute atomic E-state index is 12.3. The lowest BCUT2D eigenvalue weighted by molar-refractivity contribution is 0.0702. The van der Waals surface area contributed by atoms with Gasteiger partial charge in [0.25, 0.3) is 10.0 Å². The molecular formula is C12H11BrN2O4S2. The number of aromatic nitrogens is 1. The van der Waals surface area contributed by atoms with Crippen molar-refractivity contribution in [3.05, 3.63) is 38.3 Å². The van der Waals surface area contributed by atoms with Crippen LogP contribution in [0, 0.1) is 13.8 Å². The third-order valence-corrected chi connectivity index (χ3v) is 6.14. The topological polar surface area (TPSA) is 96.4 Å². The molecule has 0 spiro atoms. The number of nitrogens with zero attached hydrogens (tertiary/aromatic N) is 1. The maximum atomic E-state index is 12.3. The standard InChI is InChI=1S/C12H11BrN2O4S2/c1-6-3-8(5-14-11(6)13)15-21(18,19)10-4-9(12(16)17)20-7(10)2/h3-5,15H,1-2H3,(H,16,17). The highest BCUT2D eigenvalue weighted by molar-refractivity contribution is 9.10. The number of halogens is 1. The highest BCUT2D eigenvalue weighted by Crippen LogP contribution is 2.28. The number of carboxylic acid groups (broad SMARTS) is 1. The van der Waals surface area contributed by atoms with Crippen molar-refractivity contribution in [1.82, 2.24) is 4.98 Å². The van der Waals surface area contributed by atoms with Crippen LogP contribution in [-0.2, 0) is 10.0 Å². The molecule has 9 heteroatoms. The Morgan fingerprint density at radius 2 is 2.05 bits per heavy atom. The van der Waals surface area contributed by atoms with Crippen LogP contribution >= 0.6 is 27.3 Å². The Kier molecular flexibility index (Phi) is 4.35. The van der Waals surface area contributed by atoms with Crippen LogP contribution in [0.5, 0.6) is 0 Å². The van der Waals surface area contributed by atoms with Gasteiger partial charge in [-0.1, -0.05) is 0 Å². The molecule has 0 unspecified atom stereocenters. The third-order valence-electron chi connectivity index (χ3n) is 2.64. The number of aromatic carboxylic acids is 1. The number of hydrogen-bond donors (Lipinski definition) is 2. The molecule has 0 atom stereocenters. The molecule has 0 bridgehead atoms. The minimum atomic E-state index is -3.84. The second-order valence-electron chi connectivity index (χ2n) is 4.27. The summed E-state index contributed by atoms with van der Waals surface area (Å²) in [5.74, 6) is -1.15. The van der Waals surface area contributed by atoms with E-state index in [1.54, 1.807) is 19.9 Å². The lowest BCUT2D eigenvalue weighted by Gasteiger charge is -2.08. The van der Waals surface area contributed by atoms with E-state index >= 15 is 0 Å². The van der Waals surface area contributed by atoms with Gasteiger partial charge in [0, 0.05) is 4.88 Å². The molecule has 2 aromatic rings. The first-order valence-electron chi connectivity index (χ1n) is 5.69. The third kappa shape index (κ3) is 3.42. The van der Waals surface area contributed by atoms with Crippen molar-refractivity contribution in [3.63, 3.8) is 0 Å². The van der Waals surface area contributed by atoms with Gasteiger partial charge < -0.3 is 5.11 Å². The molecule has 6 nitrogen and oxygen atoms in total. The maximum Gasteiger partial charge on any atom is 0.345 e. The molecule has 0 aliphatic heterocycles. The summed E-state index contributed by atoms with van der Waals surface area (Å²) in [4.78, 5) is 15.3. The molecular weight excluding hydrogens is 380 g/mol. The van der Waals surface area contributed by atoms with E-state index in [0.29, 0.717) is 15.2 Å². The van der Waals surface area contributed by atoms with Gasteiger partial charge in [-0.05, 0) is 47.5 Å². The predicted molar refractivity (Wildman–Crippen MR) is 83.5 cm³/mol. The molecule has 0 aliphatic carbocycles. The molecule has 2 heterocycles. The molecule has 2 aromatic heterocycles. The van der Waals surface area contributed by atoms with Crippen molar-refractivity contribution in [3.8, 4) is 0 Å². The number of hydrogen-bond acceptors (Lipinski definition) is 5. The van der Waals surface area contributed by atoms with Crippen LogP contribution in [0.15, 0.2) is 27.8 Å². The molecule has 0 saturated heterocycles. The van der Waals surface area contributed by atoms with Crippen LogP contribution in [0.4, 0.5) is 5.69 Å². The summed E-state index contributed by atoms with van der Waals surface area (Å²) < 4.78 is 27.7. The molecule has 0 aromatic carbocycles. The molecule has 21 heavy (non-hydrogen) atoms. The number of anilines is 1. The van der Waals surface area contributed by atoms with Gasteiger partial charge in [0.05, 0.1) is 11.9 Å². The first-order valence-corrected chi connectivity index (χ1v) is 8.78. The van der Waals surface area contributed by atoms with E-state index in [2.05, 4.69) is 25.6 Å². The van der Waals surface area contributed by atoms with Crippen molar-refractivity contribution in [2.45, 2.75) is 18.7 Å². The van der Waals surface area contributed by atoms with E-state index in [1.165, 1.54) is 6.20 Å². The normalized spacial score (nSPS) is 11.4. The zero-order valence-corrected chi connectivity index (χ0v) is 14.3. The Hall–Kier alpha value is -1.45. The summed E-state index contributed by atoms with van der Waals surface area (Å²) in [6.07, 6.45) is 1.38. The second-order valence-corrected chi connectivity index (χ2v) is 7.93. The van der Waals surface area contributed by atoms with Crippen LogP contribution in [0.3, 0.4) is 0 Å². The molecule has 0 saturated carbocycles. The number of rotatable bonds is 4. The zero-order valence-electron chi connectivity index (χ0n) is 11.0. The summed E-state index contributed by atoms with van der Waals surface area (Å²) in [5, 5.41) is 8.92. The van der Waals surface area contributed by atoms with Gasteiger partial charge in [-0.3, -0.25) is 4.72 Å². The van der Waals surface area contributed by atoms with Gasteiger partial charge in [-0.15, -0.1) is 11.3 Å². The molecule has 0 amide bonds. The smallest absolute Gasteiger partial charge is 0.345 e. The summed E-state index contributed by atoms with van der Waals surface area (Å²) >= 11 is 4.16. The predicted octanol–water partition coefficient (Wildman–Crippen LogP) is 3.02. The van der Waals surface area contributed by atoms with E-state index in [1.807, 2.05) is 0 Å². The van der Waals surface area contributed by atoms with E-state index < -0.39 is 16.0 Å². The van der Waals surface area contributed by atoms with Crippen molar-refractivity contribution in [1.29, 1.82) is 0 Å². The van der Waals surface area contributed by atoms with Crippen LogP contribution in [0.2, 0.25) is 0 Å². The lowest BCUT2D eigenvalue weighted by atomic mass is 10.3. The van der Waals surface area contributed by atoms with E-state index in [4.69, 9.17) is 5.11 Å². The number of nitrogens with one attached hydrogen (secondary N) is 1. The first kappa shape index (κ1) is 15.9. The molecule has 112 valence electrons. The number of pyridine rings is 1. The molecule has 2 rings (SSSR count). The Morgan fingerprint density at radius 3 is 2.57 bits per heavy atom. The SMILES string of the molecule is Cc1cc(NS(=O)(=O)c2cc(C(=O)O)sc2C)cnc1Br. The largest absolute Gasteiger partial charge is 0.477 e. The summed E-state index contributed by atoms with van der Waals surface area (Å²) in [5.41, 5.74) is 1.10. The fraction of sp³-hybridized carbons (Fsp3) is 0.167. The monoisotopic (exact) mass is 390 g/mol. The van der Waals surface area contributed by atoms with Gasteiger partial charge >= 0.3 is 5.97 Å². The Balaban J connectivity index is 2.38.